The Morgan fingerprint density at radius 3 is 2.60 bits per heavy atom. The van der Waals surface area contributed by atoms with Crippen LogP contribution in [0.2, 0.25) is 0 Å². The van der Waals surface area contributed by atoms with E-state index in [1.165, 1.54) is 12.3 Å². The normalized spacial score (nSPS) is 13.9. The third kappa shape index (κ3) is 2.71. The van der Waals surface area contributed by atoms with E-state index in [0.717, 1.165) is 4.68 Å². The van der Waals surface area contributed by atoms with Crippen LogP contribution in [0.3, 0.4) is 0 Å². The van der Waals surface area contributed by atoms with Crippen molar-refractivity contribution in [1.82, 2.24) is 9.78 Å². The summed E-state index contributed by atoms with van der Waals surface area (Å²) in [5.41, 5.74) is 0.491. The van der Waals surface area contributed by atoms with Crippen molar-refractivity contribution >= 4 is 5.97 Å². The van der Waals surface area contributed by atoms with Crippen LogP contribution >= 0.6 is 0 Å². The molecule has 0 saturated heterocycles. The summed E-state index contributed by atoms with van der Waals surface area (Å²) in [6.45, 7) is 0.861. The summed E-state index contributed by atoms with van der Waals surface area (Å²) < 4.78 is 37.8. The predicted molar refractivity (Wildman–Crippen MR) is 44.1 cm³/mol. The zero-order valence-electron chi connectivity index (χ0n) is 7.82. The fraction of sp³-hybridized carbons (Fsp3) is 0.500. The zero-order chi connectivity index (χ0) is 11.6. The molecule has 1 unspecified atom stereocenters. The van der Waals surface area contributed by atoms with Crippen molar-refractivity contribution in [3.05, 3.63) is 18.0 Å². The molecule has 0 radical (unpaired) electrons. The van der Waals surface area contributed by atoms with Crippen molar-refractivity contribution in [3.8, 4) is 0 Å². The predicted octanol–water partition coefficient (Wildman–Crippen LogP) is 1.45. The molecule has 4 nitrogen and oxygen atoms in total. The molecule has 0 aliphatic heterocycles. The van der Waals surface area contributed by atoms with Crippen molar-refractivity contribution in [2.45, 2.75) is 19.6 Å². The Kier molecular flexibility index (Phi) is 3.01. The molecule has 84 valence electrons. The summed E-state index contributed by atoms with van der Waals surface area (Å²) in [7, 11) is 0. The molecule has 0 spiro atoms. The van der Waals surface area contributed by atoms with Gasteiger partial charge >= 0.3 is 12.1 Å². The SMILES string of the molecule is Cc1ccnn1CC(C(=O)O)C(F)(F)F. The quantitative estimate of drug-likeness (QED) is 0.842. The van der Waals surface area contributed by atoms with Gasteiger partial charge in [-0.15, -0.1) is 0 Å². The second kappa shape index (κ2) is 3.92. The Hall–Kier alpha value is -1.53. The number of aliphatic carboxylic acids is 1. The number of nitrogens with zero attached hydrogens (tertiary/aromatic N) is 2. The first-order valence-electron chi connectivity index (χ1n) is 4.10. The summed E-state index contributed by atoms with van der Waals surface area (Å²) in [5, 5.41) is 12.0. The number of halogens is 3. The number of hydrogen-bond donors (Lipinski definition) is 1. The molecule has 0 saturated carbocycles. The molecule has 0 bridgehead atoms. The summed E-state index contributed by atoms with van der Waals surface area (Å²) in [5.74, 6) is -4.31. The summed E-state index contributed by atoms with van der Waals surface area (Å²) >= 11 is 0. The fourth-order valence-electron chi connectivity index (χ4n) is 1.08. The molecule has 0 aliphatic rings. The zero-order valence-corrected chi connectivity index (χ0v) is 7.82. The highest BCUT2D eigenvalue weighted by Crippen LogP contribution is 2.27. The molecule has 0 amide bonds. The molecule has 1 N–H and O–H groups in total. The molecule has 0 aromatic carbocycles. The maximum Gasteiger partial charge on any atom is 0.404 e. The van der Waals surface area contributed by atoms with Gasteiger partial charge in [-0.3, -0.25) is 9.48 Å². The molecule has 0 fully saturated rings. The van der Waals surface area contributed by atoms with Crippen LogP contribution in [0, 0.1) is 12.8 Å². The lowest BCUT2D eigenvalue weighted by Crippen LogP contribution is -2.34. The summed E-state index contributed by atoms with van der Waals surface area (Å²) in [6.07, 6.45) is -3.44. The van der Waals surface area contributed by atoms with Gasteiger partial charge in [0.05, 0.1) is 6.54 Å². The van der Waals surface area contributed by atoms with E-state index in [2.05, 4.69) is 5.10 Å². The van der Waals surface area contributed by atoms with Crippen LogP contribution in [0.15, 0.2) is 12.3 Å². The molecule has 1 atom stereocenters. The largest absolute Gasteiger partial charge is 0.481 e. The molecule has 1 aromatic heterocycles. The lowest BCUT2D eigenvalue weighted by Gasteiger charge is -2.16. The molecule has 1 rings (SSSR count). The first kappa shape index (κ1) is 11.5. The smallest absolute Gasteiger partial charge is 0.404 e. The maximum absolute atomic E-state index is 12.3. The second-order valence-corrected chi connectivity index (χ2v) is 3.09. The molecule has 0 aliphatic carbocycles. The van der Waals surface area contributed by atoms with Crippen LogP contribution in [0.4, 0.5) is 13.2 Å². The summed E-state index contributed by atoms with van der Waals surface area (Å²) in [6, 6.07) is 1.51. The van der Waals surface area contributed by atoms with E-state index in [-0.39, 0.29) is 0 Å². The van der Waals surface area contributed by atoms with Crippen molar-refractivity contribution < 1.29 is 23.1 Å². The minimum absolute atomic E-state index is 0.491. The minimum atomic E-state index is -4.76. The average molecular weight is 222 g/mol. The van der Waals surface area contributed by atoms with E-state index in [1.54, 1.807) is 6.92 Å². The molecule has 1 aromatic rings. The Morgan fingerprint density at radius 1 is 1.67 bits per heavy atom. The summed E-state index contributed by atoms with van der Waals surface area (Å²) in [4.78, 5) is 10.4. The third-order valence-electron chi connectivity index (χ3n) is 1.98. The van der Waals surface area contributed by atoms with Crippen LogP contribution in [-0.4, -0.2) is 27.0 Å². The number of carboxylic acids is 1. The highest BCUT2D eigenvalue weighted by Gasteiger charge is 2.45. The van der Waals surface area contributed by atoms with Gasteiger partial charge in [0, 0.05) is 11.9 Å². The second-order valence-electron chi connectivity index (χ2n) is 3.09. The van der Waals surface area contributed by atoms with Crippen LogP contribution in [0.1, 0.15) is 5.69 Å². The van der Waals surface area contributed by atoms with Crippen LogP contribution < -0.4 is 0 Å². The first-order chi connectivity index (χ1) is 6.82. The molecule has 7 heteroatoms. The van der Waals surface area contributed by atoms with Gasteiger partial charge in [-0.2, -0.15) is 18.3 Å². The van der Waals surface area contributed by atoms with Gasteiger partial charge in [0.25, 0.3) is 0 Å². The van der Waals surface area contributed by atoms with Crippen molar-refractivity contribution in [2.24, 2.45) is 5.92 Å². The number of alkyl halides is 3. The van der Waals surface area contributed by atoms with Gasteiger partial charge in [-0.25, -0.2) is 0 Å². The number of aromatic nitrogens is 2. The number of hydrogen-bond acceptors (Lipinski definition) is 2. The monoisotopic (exact) mass is 222 g/mol. The van der Waals surface area contributed by atoms with E-state index in [4.69, 9.17) is 5.11 Å². The molecule has 1 heterocycles. The third-order valence-corrected chi connectivity index (χ3v) is 1.98. The lowest BCUT2D eigenvalue weighted by molar-refractivity contribution is -0.196. The van der Waals surface area contributed by atoms with E-state index >= 15 is 0 Å². The highest BCUT2D eigenvalue weighted by molar-refractivity contribution is 5.70. The van der Waals surface area contributed by atoms with Crippen LogP contribution in [0.25, 0.3) is 0 Å². The van der Waals surface area contributed by atoms with E-state index in [1.807, 2.05) is 0 Å². The van der Waals surface area contributed by atoms with Crippen LogP contribution in [0.5, 0.6) is 0 Å². The van der Waals surface area contributed by atoms with Gasteiger partial charge < -0.3 is 5.11 Å². The number of aryl methyl sites for hydroxylation is 1. The Morgan fingerprint density at radius 2 is 2.27 bits per heavy atom. The molecular formula is C8H9F3N2O2. The lowest BCUT2D eigenvalue weighted by atomic mass is 10.1. The minimum Gasteiger partial charge on any atom is -0.481 e. The Bertz CT molecular complexity index is 359. The number of carboxylic acid groups (broad SMARTS) is 1. The van der Waals surface area contributed by atoms with Crippen molar-refractivity contribution in [2.75, 3.05) is 0 Å². The van der Waals surface area contributed by atoms with Gasteiger partial charge in [0.2, 0.25) is 0 Å². The number of carbonyl (C=O) groups is 1. The van der Waals surface area contributed by atoms with Gasteiger partial charge in [0.1, 0.15) is 0 Å². The fourth-order valence-corrected chi connectivity index (χ4v) is 1.08. The Labute approximate surface area is 83.3 Å². The standard InChI is InChI=1S/C8H9F3N2O2/c1-5-2-3-12-13(5)4-6(7(14)15)8(9,10)11/h2-3,6H,4H2,1H3,(H,14,15). The number of rotatable bonds is 3. The van der Waals surface area contributed by atoms with Gasteiger partial charge in [-0.05, 0) is 13.0 Å². The molecule has 15 heavy (non-hydrogen) atoms. The first-order valence-corrected chi connectivity index (χ1v) is 4.10. The molecular weight excluding hydrogens is 213 g/mol. The average Bonchev–Trinajstić information content (AvgIpc) is 2.44. The highest BCUT2D eigenvalue weighted by atomic mass is 19.4. The van der Waals surface area contributed by atoms with Crippen molar-refractivity contribution in [3.63, 3.8) is 0 Å². The van der Waals surface area contributed by atoms with E-state index < -0.39 is 24.6 Å². The van der Waals surface area contributed by atoms with Crippen molar-refractivity contribution in [1.29, 1.82) is 0 Å². The van der Waals surface area contributed by atoms with E-state index in [0.29, 0.717) is 5.69 Å². The Balaban J connectivity index is 2.86. The van der Waals surface area contributed by atoms with Gasteiger partial charge in [0.15, 0.2) is 5.92 Å². The van der Waals surface area contributed by atoms with Crippen LogP contribution in [-0.2, 0) is 11.3 Å². The van der Waals surface area contributed by atoms with Gasteiger partial charge in [-0.1, -0.05) is 0 Å². The topological polar surface area (TPSA) is 55.1 Å². The van der Waals surface area contributed by atoms with E-state index in [9.17, 15) is 18.0 Å². The maximum atomic E-state index is 12.3.